The molecule has 0 radical (unpaired) electrons. The minimum atomic E-state index is -0.0702. The minimum absolute atomic E-state index is 0.0702. The Labute approximate surface area is 125 Å². The maximum Gasteiger partial charge on any atom is 0.158 e. The summed E-state index contributed by atoms with van der Waals surface area (Å²) in [4.78, 5) is 4.81. The van der Waals surface area contributed by atoms with E-state index in [0.717, 1.165) is 42.1 Å². The van der Waals surface area contributed by atoms with Crippen molar-refractivity contribution in [3.05, 3.63) is 11.5 Å². The zero-order chi connectivity index (χ0) is 14.5. The van der Waals surface area contributed by atoms with Gasteiger partial charge >= 0.3 is 0 Å². The standard InChI is InChI=1S/C15H23ClN4/c1-5-6-11-12-14(19(4)18-11)20(9-15(3)7-8-15)13(17-12)10(2)16/h10H,5-9H2,1-4H3. The fourth-order valence-corrected chi connectivity index (χ4v) is 3.04. The number of halogens is 1. The molecule has 2 heterocycles. The molecule has 110 valence electrons. The summed E-state index contributed by atoms with van der Waals surface area (Å²) in [5, 5.41) is 4.57. The van der Waals surface area contributed by atoms with E-state index in [4.69, 9.17) is 16.6 Å². The molecule has 0 spiro atoms. The number of fused-ring (bicyclic) bond motifs is 1. The van der Waals surface area contributed by atoms with Crippen molar-refractivity contribution in [2.24, 2.45) is 12.5 Å². The summed E-state index contributed by atoms with van der Waals surface area (Å²) in [6.07, 6.45) is 4.65. The number of hydrogen-bond donors (Lipinski definition) is 0. The molecule has 4 nitrogen and oxygen atoms in total. The van der Waals surface area contributed by atoms with Crippen LogP contribution in [0.5, 0.6) is 0 Å². The molecule has 5 heteroatoms. The SMILES string of the molecule is CCCc1nn(C)c2c1nc(C(C)Cl)n2CC1(C)CC1. The predicted octanol–water partition coefficient (Wildman–Crippen LogP) is 3.82. The number of hydrogen-bond acceptors (Lipinski definition) is 2. The summed E-state index contributed by atoms with van der Waals surface area (Å²) in [6.45, 7) is 7.51. The van der Waals surface area contributed by atoms with E-state index < -0.39 is 0 Å². The number of imidazole rings is 1. The lowest BCUT2D eigenvalue weighted by atomic mass is 10.1. The molecule has 1 saturated carbocycles. The first-order chi connectivity index (χ1) is 9.45. The second-order valence-electron chi connectivity index (χ2n) is 6.48. The van der Waals surface area contributed by atoms with Gasteiger partial charge in [0.05, 0.1) is 11.1 Å². The normalized spacial score (nSPS) is 18.6. The van der Waals surface area contributed by atoms with Crippen LogP contribution in [0.3, 0.4) is 0 Å². The molecule has 0 saturated heterocycles. The Morgan fingerprint density at radius 2 is 2.10 bits per heavy atom. The number of rotatable bonds is 5. The zero-order valence-electron chi connectivity index (χ0n) is 12.8. The van der Waals surface area contributed by atoms with Crippen LogP contribution in [0.4, 0.5) is 0 Å². The van der Waals surface area contributed by atoms with E-state index >= 15 is 0 Å². The van der Waals surface area contributed by atoms with Crippen LogP contribution in [-0.2, 0) is 20.0 Å². The molecule has 0 N–H and O–H groups in total. The quantitative estimate of drug-likeness (QED) is 0.786. The molecule has 0 bridgehead atoms. The number of aromatic nitrogens is 4. The highest BCUT2D eigenvalue weighted by Crippen LogP contribution is 2.47. The molecule has 3 rings (SSSR count). The second kappa shape index (κ2) is 4.76. The first-order valence-electron chi connectivity index (χ1n) is 7.51. The van der Waals surface area contributed by atoms with Gasteiger partial charge in [0, 0.05) is 13.6 Å². The minimum Gasteiger partial charge on any atom is -0.311 e. The molecule has 2 aromatic rings. The van der Waals surface area contributed by atoms with Gasteiger partial charge in [-0.1, -0.05) is 20.3 Å². The highest BCUT2D eigenvalue weighted by atomic mass is 35.5. The molecular formula is C15H23ClN4. The van der Waals surface area contributed by atoms with E-state index in [1.54, 1.807) is 0 Å². The Morgan fingerprint density at radius 3 is 2.65 bits per heavy atom. The summed E-state index contributed by atoms with van der Waals surface area (Å²) >= 11 is 6.35. The van der Waals surface area contributed by atoms with Crippen LogP contribution in [0.1, 0.15) is 56.9 Å². The van der Waals surface area contributed by atoms with Crippen molar-refractivity contribution in [3.8, 4) is 0 Å². The molecule has 1 aliphatic carbocycles. The Kier molecular flexibility index (Phi) is 3.32. The van der Waals surface area contributed by atoms with E-state index in [1.165, 1.54) is 12.8 Å². The van der Waals surface area contributed by atoms with Gasteiger partial charge < -0.3 is 4.57 Å². The number of aryl methyl sites for hydroxylation is 2. The van der Waals surface area contributed by atoms with Crippen molar-refractivity contribution in [1.82, 2.24) is 19.3 Å². The third kappa shape index (κ3) is 2.24. The van der Waals surface area contributed by atoms with Crippen molar-refractivity contribution >= 4 is 22.8 Å². The fourth-order valence-electron chi connectivity index (χ4n) is 2.88. The lowest BCUT2D eigenvalue weighted by Gasteiger charge is -2.15. The molecule has 1 fully saturated rings. The average molecular weight is 295 g/mol. The van der Waals surface area contributed by atoms with E-state index in [-0.39, 0.29) is 5.38 Å². The summed E-state index contributed by atoms with van der Waals surface area (Å²) < 4.78 is 4.27. The summed E-state index contributed by atoms with van der Waals surface area (Å²) in [6, 6.07) is 0. The van der Waals surface area contributed by atoms with Crippen molar-refractivity contribution < 1.29 is 0 Å². The van der Waals surface area contributed by atoms with Gasteiger partial charge in [-0.15, -0.1) is 11.6 Å². The highest BCUT2D eigenvalue weighted by Gasteiger charge is 2.39. The third-order valence-corrected chi connectivity index (χ3v) is 4.50. The van der Waals surface area contributed by atoms with Gasteiger partial charge in [-0.05, 0) is 31.6 Å². The molecule has 20 heavy (non-hydrogen) atoms. The van der Waals surface area contributed by atoms with E-state index in [9.17, 15) is 0 Å². The van der Waals surface area contributed by atoms with E-state index in [0.29, 0.717) is 5.41 Å². The Balaban J connectivity index is 2.15. The van der Waals surface area contributed by atoms with Gasteiger partial charge in [0.25, 0.3) is 0 Å². The number of nitrogens with zero attached hydrogens (tertiary/aromatic N) is 4. The Bertz CT molecular complexity index is 634. The molecule has 0 aliphatic heterocycles. The van der Waals surface area contributed by atoms with Gasteiger partial charge in [-0.2, -0.15) is 5.10 Å². The lowest BCUT2D eigenvalue weighted by Crippen LogP contribution is -2.14. The molecule has 0 aromatic carbocycles. The topological polar surface area (TPSA) is 35.6 Å². The Hall–Kier alpha value is -1.03. The van der Waals surface area contributed by atoms with Crippen LogP contribution >= 0.6 is 11.6 Å². The molecule has 0 amide bonds. The van der Waals surface area contributed by atoms with Crippen LogP contribution in [0.15, 0.2) is 0 Å². The van der Waals surface area contributed by atoms with E-state index in [2.05, 4.69) is 23.5 Å². The summed E-state index contributed by atoms with van der Waals surface area (Å²) in [7, 11) is 2.01. The highest BCUT2D eigenvalue weighted by molar-refractivity contribution is 6.20. The largest absolute Gasteiger partial charge is 0.311 e. The maximum absolute atomic E-state index is 6.35. The van der Waals surface area contributed by atoms with Crippen LogP contribution in [-0.4, -0.2) is 19.3 Å². The monoisotopic (exact) mass is 294 g/mol. The van der Waals surface area contributed by atoms with Gasteiger partial charge in [0.1, 0.15) is 11.3 Å². The first-order valence-corrected chi connectivity index (χ1v) is 7.95. The van der Waals surface area contributed by atoms with E-state index in [1.807, 2.05) is 18.7 Å². The molecule has 2 aromatic heterocycles. The first kappa shape index (κ1) is 13.9. The van der Waals surface area contributed by atoms with Crippen LogP contribution in [0, 0.1) is 5.41 Å². The smallest absolute Gasteiger partial charge is 0.158 e. The molecule has 1 aliphatic rings. The van der Waals surface area contributed by atoms with Crippen molar-refractivity contribution in [3.63, 3.8) is 0 Å². The molecular weight excluding hydrogens is 272 g/mol. The molecule has 1 unspecified atom stereocenters. The second-order valence-corrected chi connectivity index (χ2v) is 7.13. The van der Waals surface area contributed by atoms with Crippen LogP contribution < -0.4 is 0 Å². The van der Waals surface area contributed by atoms with Gasteiger partial charge in [0.15, 0.2) is 5.65 Å². The maximum atomic E-state index is 6.35. The van der Waals surface area contributed by atoms with Gasteiger partial charge in [-0.3, -0.25) is 4.68 Å². The number of alkyl halides is 1. The van der Waals surface area contributed by atoms with Crippen LogP contribution in [0.2, 0.25) is 0 Å². The van der Waals surface area contributed by atoms with Crippen molar-refractivity contribution in [2.45, 2.75) is 58.4 Å². The summed E-state index contributed by atoms with van der Waals surface area (Å²) in [5.41, 5.74) is 3.69. The fraction of sp³-hybridized carbons (Fsp3) is 0.733. The molecule has 1 atom stereocenters. The summed E-state index contributed by atoms with van der Waals surface area (Å²) in [5.74, 6) is 0.986. The van der Waals surface area contributed by atoms with Gasteiger partial charge in [0.2, 0.25) is 0 Å². The predicted molar refractivity (Wildman–Crippen MR) is 82.1 cm³/mol. The van der Waals surface area contributed by atoms with Crippen molar-refractivity contribution in [2.75, 3.05) is 0 Å². The van der Waals surface area contributed by atoms with Crippen LogP contribution in [0.25, 0.3) is 11.2 Å². The lowest BCUT2D eigenvalue weighted by molar-refractivity contribution is 0.455. The van der Waals surface area contributed by atoms with Crippen molar-refractivity contribution in [1.29, 1.82) is 0 Å². The Morgan fingerprint density at radius 1 is 1.40 bits per heavy atom. The van der Waals surface area contributed by atoms with Gasteiger partial charge in [-0.25, -0.2) is 4.98 Å². The third-order valence-electron chi connectivity index (χ3n) is 4.31. The zero-order valence-corrected chi connectivity index (χ0v) is 13.5. The average Bonchev–Trinajstić information content (AvgIpc) is 2.85.